The standard InChI is InChI=1S/C23H21ClFN7S/c1-14-12-21(30-17-5-3-16(25)4-6-17)31-22(29-14)32-23(33)28-11-10-27-19-8-9-26-20-13-15(24)2-7-18(19)20/h2-9,12-13H,10-11H2,1H3,(H,26,27)(H3,28,29,30,31,32,33). The Hall–Kier alpha value is -3.56. The van der Waals surface area contributed by atoms with Gasteiger partial charge in [-0.15, -0.1) is 0 Å². The summed E-state index contributed by atoms with van der Waals surface area (Å²) in [5, 5.41) is 14.7. The summed E-state index contributed by atoms with van der Waals surface area (Å²) in [6.07, 6.45) is 1.74. The van der Waals surface area contributed by atoms with Crippen molar-refractivity contribution in [1.29, 1.82) is 0 Å². The van der Waals surface area contributed by atoms with Crippen LogP contribution in [0.25, 0.3) is 10.9 Å². The van der Waals surface area contributed by atoms with Gasteiger partial charge in [0.05, 0.1) is 5.52 Å². The van der Waals surface area contributed by atoms with Crippen LogP contribution in [0.4, 0.5) is 27.5 Å². The lowest BCUT2D eigenvalue weighted by Crippen LogP contribution is -2.33. The molecule has 4 rings (SSSR count). The van der Waals surface area contributed by atoms with E-state index in [1.54, 1.807) is 24.4 Å². The average molecular weight is 482 g/mol. The molecule has 4 N–H and O–H groups in total. The number of pyridine rings is 1. The van der Waals surface area contributed by atoms with E-state index in [-0.39, 0.29) is 5.82 Å². The summed E-state index contributed by atoms with van der Waals surface area (Å²) in [5.74, 6) is 0.641. The number of halogens is 2. The van der Waals surface area contributed by atoms with Gasteiger partial charge in [0.15, 0.2) is 5.11 Å². The molecule has 0 fully saturated rings. The molecule has 4 aromatic rings. The van der Waals surface area contributed by atoms with Gasteiger partial charge in [0.2, 0.25) is 5.95 Å². The molecule has 7 nitrogen and oxygen atoms in total. The van der Waals surface area contributed by atoms with Gasteiger partial charge in [-0.3, -0.25) is 4.98 Å². The topological polar surface area (TPSA) is 86.8 Å². The molecule has 0 atom stereocenters. The number of thiocarbonyl (C=S) groups is 1. The van der Waals surface area contributed by atoms with Gasteiger partial charge >= 0.3 is 0 Å². The van der Waals surface area contributed by atoms with E-state index in [0.29, 0.717) is 35.0 Å². The Morgan fingerprint density at radius 1 is 1.03 bits per heavy atom. The fourth-order valence-corrected chi connectivity index (χ4v) is 3.52. The number of hydrogen-bond donors (Lipinski definition) is 4. The van der Waals surface area contributed by atoms with Gasteiger partial charge < -0.3 is 21.3 Å². The summed E-state index contributed by atoms with van der Waals surface area (Å²) < 4.78 is 13.1. The van der Waals surface area contributed by atoms with Gasteiger partial charge in [0, 0.05) is 52.8 Å². The molecule has 2 aromatic carbocycles. The van der Waals surface area contributed by atoms with Gasteiger partial charge in [-0.2, -0.15) is 4.98 Å². The Morgan fingerprint density at radius 3 is 2.67 bits per heavy atom. The first-order chi connectivity index (χ1) is 16.0. The lowest BCUT2D eigenvalue weighted by Gasteiger charge is -2.13. The lowest BCUT2D eigenvalue weighted by atomic mass is 10.2. The Kier molecular flexibility index (Phi) is 7.11. The van der Waals surface area contributed by atoms with Crippen LogP contribution in [0, 0.1) is 12.7 Å². The fourth-order valence-electron chi connectivity index (χ4n) is 3.16. The summed E-state index contributed by atoms with van der Waals surface area (Å²) >= 11 is 11.4. The third-order valence-corrected chi connectivity index (χ3v) is 5.11. The van der Waals surface area contributed by atoms with Crippen molar-refractivity contribution in [3.63, 3.8) is 0 Å². The number of aromatic nitrogens is 3. The predicted octanol–water partition coefficient (Wildman–Crippen LogP) is 5.27. The molecule has 0 aliphatic carbocycles. The van der Waals surface area contributed by atoms with E-state index in [0.717, 1.165) is 28.0 Å². The van der Waals surface area contributed by atoms with Crippen molar-refractivity contribution < 1.29 is 4.39 Å². The van der Waals surface area contributed by atoms with Crippen LogP contribution < -0.4 is 21.3 Å². The summed E-state index contributed by atoms with van der Waals surface area (Å²) in [6.45, 7) is 3.07. The second kappa shape index (κ2) is 10.4. The average Bonchev–Trinajstić information content (AvgIpc) is 2.77. The van der Waals surface area contributed by atoms with Crippen molar-refractivity contribution in [1.82, 2.24) is 20.3 Å². The molecule has 10 heteroatoms. The fraction of sp³-hybridized carbons (Fsp3) is 0.130. The minimum atomic E-state index is -0.297. The van der Waals surface area contributed by atoms with E-state index in [1.165, 1.54) is 12.1 Å². The molecule has 0 saturated heterocycles. The largest absolute Gasteiger partial charge is 0.383 e. The highest BCUT2D eigenvalue weighted by atomic mass is 35.5. The number of anilines is 4. The number of nitrogens with one attached hydrogen (secondary N) is 4. The van der Waals surface area contributed by atoms with Crippen LogP contribution in [0.3, 0.4) is 0 Å². The molecule has 33 heavy (non-hydrogen) atoms. The summed E-state index contributed by atoms with van der Waals surface area (Å²) in [7, 11) is 0. The van der Waals surface area contributed by atoms with Gasteiger partial charge in [-0.1, -0.05) is 11.6 Å². The van der Waals surface area contributed by atoms with Gasteiger partial charge in [0.1, 0.15) is 11.6 Å². The third kappa shape index (κ3) is 6.24. The third-order valence-electron chi connectivity index (χ3n) is 4.63. The van der Waals surface area contributed by atoms with Gasteiger partial charge in [-0.25, -0.2) is 9.37 Å². The van der Waals surface area contributed by atoms with Crippen LogP contribution in [0.2, 0.25) is 5.02 Å². The number of hydrogen-bond acceptors (Lipinski definition) is 6. The number of rotatable bonds is 7. The molecule has 0 spiro atoms. The first-order valence-electron chi connectivity index (χ1n) is 10.2. The minimum Gasteiger partial charge on any atom is -0.383 e. The van der Waals surface area contributed by atoms with E-state index < -0.39 is 0 Å². The lowest BCUT2D eigenvalue weighted by molar-refractivity contribution is 0.628. The van der Waals surface area contributed by atoms with E-state index in [9.17, 15) is 4.39 Å². The molecule has 0 saturated carbocycles. The molecular formula is C23H21ClFN7S. The molecular weight excluding hydrogens is 461 g/mol. The minimum absolute atomic E-state index is 0.297. The van der Waals surface area contributed by atoms with Crippen LogP contribution >= 0.6 is 23.8 Å². The maximum atomic E-state index is 13.1. The molecule has 0 bridgehead atoms. The van der Waals surface area contributed by atoms with Crippen molar-refractivity contribution in [2.75, 3.05) is 29.0 Å². The molecule has 0 radical (unpaired) electrons. The molecule has 2 aromatic heterocycles. The quantitative estimate of drug-likeness (QED) is 0.210. The molecule has 168 valence electrons. The van der Waals surface area contributed by atoms with Crippen molar-refractivity contribution in [3.05, 3.63) is 77.3 Å². The molecule has 0 aliphatic rings. The number of fused-ring (bicyclic) bond motifs is 1. The molecule has 2 heterocycles. The van der Waals surface area contributed by atoms with Crippen molar-refractivity contribution >= 4 is 63.0 Å². The normalized spacial score (nSPS) is 10.6. The zero-order valence-electron chi connectivity index (χ0n) is 17.7. The highest BCUT2D eigenvalue weighted by Crippen LogP contribution is 2.24. The second-order valence-electron chi connectivity index (χ2n) is 7.18. The summed E-state index contributed by atoms with van der Waals surface area (Å²) in [5.41, 5.74) is 3.28. The molecule has 0 amide bonds. The zero-order valence-corrected chi connectivity index (χ0v) is 19.3. The Labute approximate surface area is 200 Å². The van der Waals surface area contributed by atoms with E-state index in [1.807, 2.05) is 31.2 Å². The van der Waals surface area contributed by atoms with Crippen LogP contribution in [0.5, 0.6) is 0 Å². The second-order valence-corrected chi connectivity index (χ2v) is 8.02. The molecule has 0 unspecified atom stereocenters. The van der Waals surface area contributed by atoms with Crippen molar-refractivity contribution in [2.24, 2.45) is 0 Å². The van der Waals surface area contributed by atoms with Gasteiger partial charge in [0.25, 0.3) is 0 Å². The van der Waals surface area contributed by atoms with Crippen LogP contribution in [0.15, 0.2) is 60.8 Å². The maximum absolute atomic E-state index is 13.1. The van der Waals surface area contributed by atoms with E-state index in [4.69, 9.17) is 23.8 Å². The number of benzene rings is 2. The van der Waals surface area contributed by atoms with Gasteiger partial charge in [-0.05, 0) is 67.7 Å². The monoisotopic (exact) mass is 481 g/mol. The summed E-state index contributed by atoms with van der Waals surface area (Å²) in [4.78, 5) is 13.1. The van der Waals surface area contributed by atoms with Crippen LogP contribution in [-0.4, -0.2) is 33.2 Å². The predicted molar refractivity (Wildman–Crippen MR) is 136 cm³/mol. The van der Waals surface area contributed by atoms with E-state index >= 15 is 0 Å². The Morgan fingerprint density at radius 2 is 1.85 bits per heavy atom. The first-order valence-corrected chi connectivity index (χ1v) is 11.0. The van der Waals surface area contributed by atoms with Crippen LogP contribution in [0.1, 0.15) is 5.69 Å². The molecule has 0 aliphatic heterocycles. The SMILES string of the molecule is Cc1cc(Nc2ccc(F)cc2)nc(NC(=S)NCCNc2ccnc3cc(Cl)ccc23)n1. The van der Waals surface area contributed by atoms with Crippen molar-refractivity contribution in [3.8, 4) is 0 Å². The number of nitrogens with zero attached hydrogens (tertiary/aromatic N) is 3. The zero-order chi connectivity index (χ0) is 23.2. The number of aryl methyl sites for hydroxylation is 1. The van der Waals surface area contributed by atoms with Crippen molar-refractivity contribution in [2.45, 2.75) is 6.92 Å². The van der Waals surface area contributed by atoms with Crippen LogP contribution in [-0.2, 0) is 0 Å². The summed E-state index contributed by atoms with van der Waals surface area (Å²) in [6, 6.07) is 15.4. The highest BCUT2D eigenvalue weighted by molar-refractivity contribution is 7.80. The smallest absolute Gasteiger partial charge is 0.231 e. The Balaban J connectivity index is 1.30. The first kappa shape index (κ1) is 22.6. The van der Waals surface area contributed by atoms with E-state index in [2.05, 4.69) is 36.2 Å². The maximum Gasteiger partial charge on any atom is 0.231 e. The Bertz CT molecular complexity index is 1280. The highest BCUT2D eigenvalue weighted by Gasteiger charge is 2.06.